The first-order valence-electron chi connectivity index (χ1n) is 4.67. The number of amides is 1. The number of benzene rings is 1. The summed E-state index contributed by atoms with van der Waals surface area (Å²) in [5.41, 5.74) is 5.69. The lowest BCUT2D eigenvalue weighted by molar-refractivity contribution is -0.139. The van der Waals surface area contributed by atoms with E-state index in [4.69, 9.17) is 10.8 Å². The largest absolute Gasteiger partial charge is 0.481 e. The van der Waals surface area contributed by atoms with Gasteiger partial charge in [-0.2, -0.15) is 0 Å². The van der Waals surface area contributed by atoms with Crippen LogP contribution in [0, 0.1) is 0 Å². The van der Waals surface area contributed by atoms with E-state index in [1.54, 1.807) is 24.3 Å². The zero-order valence-corrected chi connectivity index (χ0v) is 8.22. The Bertz CT molecular complexity index is 348. The van der Waals surface area contributed by atoms with Gasteiger partial charge < -0.3 is 10.8 Å². The quantitative estimate of drug-likeness (QED) is 0.759. The minimum absolute atomic E-state index is 0.0891. The Balaban J connectivity index is 2.75. The zero-order valence-electron chi connectivity index (χ0n) is 8.22. The molecule has 0 aliphatic rings. The van der Waals surface area contributed by atoms with E-state index in [0.29, 0.717) is 5.56 Å². The first kappa shape index (κ1) is 11.2. The van der Waals surface area contributed by atoms with E-state index in [1.165, 1.54) is 0 Å². The van der Waals surface area contributed by atoms with Crippen molar-refractivity contribution < 1.29 is 14.7 Å². The topological polar surface area (TPSA) is 80.4 Å². The number of nitrogens with two attached hydrogens (primary N) is 1. The number of hydrogen-bond acceptors (Lipinski definition) is 2. The highest BCUT2D eigenvalue weighted by atomic mass is 16.4. The predicted molar refractivity (Wildman–Crippen MR) is 55.2 cm³/mol. The molecule has 3 N–H and O–H groups in total. The van der Waals surface area contributed by atoms with E-state index in [-0.39, 0.29) is 12.8 Å². The Kier molecular flexibility index (Phi) is 3.85. The minimum atomic E-state index is -0.928. The Morgan fingerprint density at radius 1 is 1.27 bits per heavy atom. The van der Waals surface area contributed by atoms with Crippen LogP contribution in [0.3, 0.4) is 0 Å². The highest BCUT2D eigenvalue weighted by Crippen LogP contribution is 2.20. The molecule has 0 saturated carbocycles. The van der Waals surface area contributed by atoms with Gasteiger partial charge in [0.15, 0.2) is 0 Å². The van der Waals surface area contributed by atoms with Crippen LogP contribution >= 0.6 is 0 Å². The van der Waals surface area contributed by atoms with E-state index in [1.807, 2.05) is 6.07 Å². The van der Waals surface area contributed by atoms with Crippen molar-refractivity contribution in [2.75, 3.05) is 0 Å². The molecule has 0 spiro atoms. The van der Waals surface area contributed by atoms with Gasteiger partial charge in [-0.05, 0) is 12.0 Å². The molecular weight excluding hydrogens is 194 g/mol. The third kappa shape index (κ3) is 3.42. The van der Waals surface area contributed by atoms with Gasteiger partial charge >= 0.3 is 5.97 Å². The maximum absolute atomic E-state index is 11.0. The van der Waals surface area contributed by atoms with Gasteiger partial charge in [0.2, 0.25) is 5.91 Å². The van der Waals surface area contributed by atoms with Crippen LogP contribution in [0.2, 0.25) is 0 Å². The summed E-state index contributed by atoms with van der Waals surface area (Å²) in [7, 11) is 0. The summed E-state index contributed by atoms with van der Waals surface area (Å²) in [5, 5.41) is 8.99. The fourth-order valence-electron chi connectivity index (χ4n) is 1.40. The van der Waals surface area contributed by atoms with Crippen molar-refractivity contribution in [1.29, 1.82) is 0 Å². The van der Waals surface area contributed by atoms with Gasteiger partial charge in [0.1, 0.15) is 0 Å². The maximum atomic E-state index is 11.0. The fraction of sp³-hybridized carbons (Fsp3) is 0.273. The van der Waals surface area contributed by atoms with Crippen LogP contribution in [0.15, 0.2) is 30.3 Å². The predicted octanol–water partition coefficient (Wildman–Crippen LogP) is 1.12. The molecule has 0 fully saturated rings. The summed E-state index contributed by atoms with van der Waals surface area (Å²) in [6.07, 6.45) is 0.334. The van der Waals surface area contributed by atoms with E-state index in [0.717, 1.165) is 0 Å². The zero-order chi connectivity index (χ0) is 11.3. The van der Waals surface area contributed by atoms with E-state index < -0.39 is 17.8 Å². The van der Waals surface area contributed by atoms with Crippen molar-refractivity contribution in [3.63, 3.8) is 0 Å². The normalized spacial score (nSPS) is 12.0. The van der Waals surface area contributed by atoms with Crippen LogP contribution in [-0.4, -0.2) is 17.0 Å². The van der Waals surface area contributed by atoms with Crippen LogP contribution in [0.25, 0.3) is 0 Å². The molecule has 1 atom stereocenters. The molecule has 1 rings (SSSR count). The van der Waals surface area contributed by atoms with Crippen molar-refractivity contribution in [1.82, 2.24) is 0 Å². The molecule has 1 unspecified atom stereocenters. The summed E-state index contributed by atoms with van der Waals surface area (Å²) in [5.74, 6) is -2.06. The van der Waals surface area contributed by atoms with Crippen molar-refractivity contribution >= 4 is 11.9 Å². The maximum Gasteiger partial charge on any atom is 0.310 e. The second kappa shape index (κ2) is 5.14. The molecule has 0 aliphatic carbocycles. The SMILES string of the molecule is NC(=O)CCC(C(=O)O)c1ccccc1. The molecule has 15 heavy (non-hydrogen) atoms. The van der Waals surface area contributed by atoms with Gasteiger partial charge in [0, 0.05) is 6.42 Å². The molecular formula is C11H13NO3. The Labute approximate surface area is 87.7 Å². The number of rotatable bonds is 5. The first-order valence-corrected chi connectivity index (χ1v) is 4.67. The number of hydrogen-bond donors (Lipinski definition) is 2. The molecule has 1 aromatic rings. The van der Waals surface area contributed by atoms with Gasteiger partial charge in [-0.15, -0.1) is 0 Å². The Morgan fingerprint density at radius 2 is 1.87 bits per heavy atom. The standard InChI is InChI=1S/C11H13NO3/c12-10(13)7-6-9(11(14)15)8-4-2-1-3-5-8/h1-5,9H,6-7H2,(H2,12,13)(H,14,15). The Morgan fingerprint density at radius 3 is 2.33 bits per heavy atom. The summed E-state index contributed by atoms with van der Waals surface area (Å²) in [6, 6.07) is 8.83. The number of primary amides is 1. The molecule has 0 aromatic heterocycles. The van der Waals surface area contributed by atoms with Gasteiger partial charge in [-0.3, -0.25) is 9.59 Å². The van der Waals surface area contributed by atoms with Gasteiger partial charge in [0.25, 0.3) is 0 Å². The molecule has 0 aliphatic heterocycles. The van der Waals surface area contributed by atoms with Crippen LogP contribution in [0.4, 0.5) is 0 Å². The van der Waals surface area contributed by atoms with Crippen LogP contribution in [-0.2, 0) is 9.59 Å². The highest BCUT2D eigenvalue weighted by molar-refractivity contribution is 5.78. The third-order valence-corrected chi connectivity index (χ3v) is 2.18. The molecule has 0 radical (unpaired) electrons. The summed E-state index contributed by atoms with van der Waals surface area (Å²) < 4.78 is 0. The molecule has 0 bridgehead atoms. The van der Waals surface area contributed by atoms with Crippen molar-refractivity contribution in [2.24, 2.45) is 5.73 Å². The lowest BCUT2D eigenvalue weighted by Gasteiger charge is -2.11. The molecule has 0 heterocycles. The van der Waals surface area contributed by atoms with Crippen LogP contribution < -0.4 is 5.73 Å². The lowest BCUT2D eigenvalue weighted by Crippen LogP contribution is -2.16. The smallest absolute Gasteiger partial charge is 0.310 e. The summed E-state index contributed by atoms with van der Waals surface area (Å²) in [4.78, 5) is 21.5. The molecule has 80 valence electrons. The second-order valence-corrected chi connectivity index (χ2v) is 3.31. The third-order valence-electron chi connectivity index (χ3n) is 2.18. The van der Waals surface area contributed by atoms with E-state index >= 15 is 0 Å². The van der Waals surface area contributed by atoms with Crippen LogP contribution in [0.1, 0.15) is 24.3 Å². The van der Waals surface area contributed by atoms with Gasteiger partial charge in [-0.25, -0.2) is 0 Å². The number of carboxylic acid groups (broad SMARTS) is 1. The van der Waals surface area contributed by atoms with E-state index in [9.17, 15) is 9.59 Å². The minimum Gasteiger partial charge on any atom is -0.481 e. The monoisotopic (exact) mass is 207 g/mol. The van der Waals surface area contributed by atoms with Crippen LogP contribution in [0.5, 0.6) is 0 Å². The molecule has 0 saturated heterocycles. The van der Waals surface area contributed by atoms with Crippen molar-refractivity contribution in [3.8, 4) is 0 Å². The number of carboxylic acids is 1. The van der Waals surface area contributed by atoms with E-state index in [2.05, 4.69) is 0 Å². The molecule has 4 nitrogen and oxygen atoms in total. The number of carbonyl (C=O) groups excluding carboxylic acids is 1. The molecule has 4 heteroatoms. The Hall–Kier alpha value is -1.84. The van der Waals surface area contributed by atoms with Crippen molar-refractivity contribution in [2.45, 2.75) is 18.8 Å². The fourth-order valence-corrected chi connectivity index (χ4v) is 1.40. The average Bonchev–Trinajstić information content (AvgIpc) is 2.18. The second-order valence-electron chi connectivity index (χ2n) is 3.31. The average molecular weight is 207 g/mol. The number of carbonyl (C=O) groups is 2. The van der Waals surface area contributed by atoms with Gasteiger partial charge in [-0.1, -0.05) is 30.3 Å². The molecule has 1 aromatic carbocycles. The van der Waals surface area contributed by atoms with Crippen molar-refractivity contribution in [3.05, 3.63) is 35.9 Å². The first-order chi connectivity index (χ1) is 7.11. The number of aliphatic carboxylic acids is 1. The summed E-state index contributed by atoms with van der Waals surface area (Å²) in [6.45, 7) is 0. The highest BCUT2D eigenvalue weighted by Gasteiger charge is 2.19. The lowest BCUT2D eigenvalue weighted by atomic mass is 9.94. The summed E-state index contributed by atoms with van der Waals surface area (Å²) >= 11 is 0. The molecule has 1 amide bonds. The van der Waals surface area contributed by atoms with Gasteiger partial charge in [0.05, 0.1) is 5.92 Å².